The van der Waals surface area contributed by atoms with E-state index in [0.29, 0.717) is 12.4 Å². The summed E-state index contributed by atoms with van der Waals surface area (Å²) in [6, 6.07) is 6.04. The molecule has 0 heterocycles. The highest BCUT2D eigenvalue weighted by atomic mass is 16.7. The number of likely N-dealkylation sites (N-methyl/N-ethyl adjacent to an activating group) is 1. The summed E-state index contributed by atoms with van der Waals surface area (Å²) in [4.78, 5) is 14.3. The van der Waals surface area contributed by atoms with E-state index in [1.807, 2.05) is 18.2 Å². The number of nitrogens with zero attached hydrogens (tertiary/aromatic N) is 1. The summed E-state index contributed by atoms with van der Waals surface area (Å²) in [6.45, 7) is 15.5. The summed E-state index contributed by atoms with van der Waals surface area (Å²) in [5.41, 5.74) is 2.08. The molecular weight excluding hydrogens is 290 g/mol. The fraction of sp³-hybridized carbons (Fsp3) is 0.632. The molecule has 0 saturated heterocycles. The zero-order chi connectivity index (χ0) is 17.4. The highest BCUT2D eigenvalue weighted by Gasteiger charge is 2.18. The van der Waals surface area contributed by atoms with E-state index in [1.165, 1.54) is 0 Å². The molecule has 0 spiro atoms. The van der Waals surface area contributed by atoms with Crippen LogP contribution in [0, 0.1) is 0 Å². The van der Waals surface area contributed by atoms with Crippen molar-refractivity contribution in [3.8, 4) is 5.75 Å². The number of rotatable bonds is 8. The Bertz CT molecular complexity index is 467. The smallest absolute Gasteiger partial charge is 0.433 e. The van der Waals surface area contributed by atoms with Crippen molar-refractivity contribution in [2.75, 3.05) is 26.2 Å². The summed E-state index contributed by atoms with van der Waals surface area (Å²) in [5.74, 6) is 1.23. The molecule has 0 aliphatic rings. The van der Waals surface area contributed by atoms with Crippen LogP contribution < -0.4 is 4.74 Å². The average molecular weight is 321 g/mol. The first-order valence-corrected chi connectivity index (χ1v) is 8.60. The summed E-state index contributed by atoms with van der Waals surface area (Å²) < 4.78 is 10.8. The molecule has 0 bridgehead atoms. The molecule has 0 radical (unpaired) electrons. The third-order valence-corrected chi connectivity index (χ3v) is 4.03. The van der Waals surface area contributed by atoms with Gasteiger partial charge in [-0.25, -0.2) is 4.79 Å². The molecule has 0 aromatic heterocycles. The van der Waals surface area contributed by atoms with E-state index < -0.39 is 6.16 Å². The van der Waals surface area contributed by atoms with Crippen LogP contribution in [0.15, 0.2) is 18.2 Å². The lowest BCUT2D eigenvalue weighted by molar-refractivity contribution is 0.0876. The second-order valence-corrected chi connectivity index (χ2v) is 6.30. The Hall–Kier alpha value is -1.55. The lowest BCUT2D eigenvalue weighted by atomic mass is 9.94. The molecule has 1 aromatic carbocycles. The SMILES string of the molecule is CCN(CC)CCOC(=O)Oc1c(C(C)C)cccc1C(C)C. The van der Waals surface area contributed by atoms with Crippen molar-refractivity contribution in [3.05, 3.63) is 29.3 Å². The third kappa shape index (κ3) is 5.87. The first-order valence-electron chi connectivity index (χ1n) is 8.60. The van der Waals surface area contributed by atoms with E-state index in [2.05, 4.69) is 46.4 Å². The zero-order valence-electron chi connectivity index (χ0n) is 15.4. The van der Waals surface area contributed by atoms with E-state index in [-0.39, 0.29) is 11.8 Å². The van der Waals surface area contributed by atoms with Crippen molar-refractivity contribution in [2.24, 2.45) is 0 Å². The Labute approximate surface area is 140 Å². The van der Waals surface area contributed by atoms with Gasteiger partial charge in [-0.1, -0.05) is 59.7 Å². The molecule has 0 aliphatic heterocycles. The van der Waals surface area contributed by atoms with Gasteiger partial charge in [-0.2, -0.15) is 0 Å². The molecule has 4 nitrogen and oxygen atoms in total. The molecule has 0 unspecified atom stereocenters. The number of ether oxygens (including phenoxy) is 2. The van der Waals surface area contributed by atoms with Crippen LogP contribution in [0.2, 0.25) is 0 Å². The Morgan fingerprint density at radius 2 is 1.57 bits per heavy atom. The lowest BCUT2D eigenvalue weighted by Gasteiger charge is -2.20. The predicted molar refractivity (Wildman–Crippen MR) is 94.4 cm³/mol. The Balaban J connectivity index is 2.77. The third-order valence-electron chi connectivity index (χ3n) is 4.03. The van der Waals surface area contributed by atoms with E-state index in [1.54, 1.807) is 0 Å². The predicted octanol–water partition coefficient (Wildman–Crippen LogP) is 4.79. The molecule has 0 amide bonds. The standard InChI is InChI=1S/C19H31NO3/c1-7-20(8-2)12-13-22-19(21)23-18-16(14(3)4)10-9-11-17(18)15(5)6/h9-11,14-15H,7-8,12-13H2,1-6H3. The quantitative estimate of drug-likeness (QED) is 0.510. The van der Waals surface area contributed by atoms with E-state index in [4.69, 9.17) is 9.47 Å². The molecule has 0 fully saturated rings. The fourth-order valence-electron chi connectivity index (χ4n) is 2.51. The summed E-state index contributed by atoms with van der Waals surface area (Å²) in [6.07, 6.45) is -0.618. The van der Waals surface area contributed by atoms with Gasteiger partial charge in [0.05, 0.1) is 0 Å². The zero-order valence-corrected chi connectivity index (χ0v) is 15.4. The Morgan fingerprint density at radius 1 is 1.04 bits per heavy atom. The minimum Gasteiger partial charge on any atom is -0.433 e. The maximum absolute atomic E-state index is 12.1. The number of carbonyl (C=O) groups excluding carboxylic acids is 1. The average Bonchev–Trinajstić information content (AvgIpc) is 2.51. The van der Waals surface area contributed by atoms with Gasteiger partial charge in [0, 0.05) is 6.54 Å². The molecule has 0 aliphatic carbocycles. The van der Waals surface area contributed by atoms with Crippen LogP contribution in [-0.2, 0) is 4.74 Å². The van der Waals surface area contributed by atoms with Crippen LogP contribution >= 0.6 is 0 Å². The topological polar surface area (TPSA) is 38.8 Å². The molecule has 0 atom stereocenters. The molecule has 23 heavy (non-hydrogen) atoms. The molecule has 130 valence electrons. The van der Waals surface area contributed by atoms with Crippen molar-refractivity contribution in [2.45, 2.75) is 53.4 Å². The molecule has 1 aromatic rings. The second-order valence-electron chi connectivity index (χ2n) is 6.30. The van der Waals surface area contributed by atoms with Crippen LogP contribution in [0.5, 0.6) is 5.75 Å². The number of para-hydroxylation sites is 1. The number of benzene rings is 1. The van der Waals surface area contributed by atoms with Gasteiger partial charge in [0.25, 0.3) is 0 Å². The summed E-state index contributed by atoms with van der Waals surface area (Å²) >= 11 is 0. The second kappa shape index (κ2) is 9.56. The molecule has 0 saturated carbocycles. The van der Waals surface area contributed by atoms with Gasteiger partial charge >= 0.3 is 6.16 Å². The minimum absolute atomic E-state index is 0.284. The van der Waals surface area contributed by atoms with Crippen molar-refractivity contribution >= 4 is 6.16 Å². The van der Waals surface area contributed by atoms with Gasteiger partial charge < -0.3 is 14.4 Å². The highest BCUT2D eigenvalue weighted by Crippen LogP contribution is 2.34. The molecule has 4 heteroatoms. The largest absolute Gasteiger partial charge is 0.513 e. The van der Waals surface area contributed by atoms with Crippen LogP contribution in [0.25, 0.3) is 0 Å². The van der Waals surface area contributed by atoms with Gasteiger partial charge in [-0.3, -0.25) is 0 Å². The van der Waals surface area contributed by atoms with Crippen molar-refractivity contribution in [3.63, 3.8) is 0 Å². The summed E-state index contributed by atoms with van der Waals surface area (Å²) in [5, 5.41) is 0. The molecule has 1 rings (SSSR count). The normalized spacial score (nSPS) is 11.3. The number of carbonyl (C=O) groups is 1. The Kier molecular flexibility index (Phi) is 8.10. The first-order chi connectivity index (χ1) is 10.9. The molecular formula is C19H31NO3. The van der Waals surface area contributed by atoms with Gasteiger partial charge in [-0.05, 0) is 36.1 Å². The maximum Gasteiger partial charge on any atom is 0.513 e. The van der Waals surface area contributed by atoms with Crippen LogP contribution in [0.3, 0.4) is 0 Å². The van der Waals surface area contributed by atoms with Gasteiger partial charge in [0.15, 0.2) is 0 Å². The van der Waals surface area contributed by atoms with E-state index in [0.717, 1.165) is 30.8 Å². The lowest BCUT2D eigenvalue weighted by Crippen LogP contribution is -2.28. The van der Waals surface area contributed by atoms with Crippen LogP contribution in [0.1, 0.15) is 64.5 Å². The molecule has 0 N–H and O–H groups in total. The van der Waals surface area contributed by atoms with E-state index >= 15 is 0 Å². The van der Waals surface area contributed by atoms with Gasteiger partial charge in [0.2, 0.25) is 0 Å². The maximum atomic E-state index is 12.1. The van der Waals surface area contributed by atoms with Gasteiger partial charge in [-0.15, -0.1) is 0 Å². The fourth-order valence-corrected chi connectivity index (χ4v) is 2.51. The number of hydrogen-bond acceptors (Lipinski definition) is 4. The van der Waals surface area contributed by atoms with Gasteiger partial charge in [0.1, 0.15) is 12.4 Å². The van der Waals surface area contributed by atoms with Crippen molar-refractivity contribution in [1.29, 1.82) is 0 Å². The Morgan fingerprint density at radius 3 is 2.00 bits per heavy atom. The highest BCUT2D eigenvalue weighted by molar-refractivity contribution is 5.66. The van der Waals surface area contributed by atoms with Crippen molar-refractivity contribution in [1.82, 2.24) is 4.90 Å². The minimum atomic E-state index is -0.618. The number of hydrogen-bond donors (Lipinski definition) is 0. The first kappa shape index (κ1) is 19.5. The van der Waals surface area contributed by atoms with Crippen LogP contribution in [0.4, 0.5) is 4.79 Å². The van der Waals surface area contributed by atoms with Crippen LogP contribution in [-0.4, -0.2) is 37.3 Å². The monoisotopic (exact) mass is 321 g/mol. The van der Waals surface area contributed by atoms with Crippen molar-refractivity contribution < 1.29 is 14.3 Å². The summed E-state index contributed by atoms with van der Waals surface area (Å²) in [7, 11) is 0. The van der Waals surface area contributed by atoms with E-state index in [9.17, 15) is 4.79 Å².